The van der Waals surface area contributed by atoms with Crippen molar-refractivity contribution in [2.24, 2.45) is 5.41 Å². The molecule has 0 unspecified atom stereocenters. The highest BCUT2D eigenvalue weighted by molar-refractivity contribution is 6.03. The molecule has 1 heterocycles. The molecule has 0 amide bonds. The molecule has 0 aliphatic rings. The highest BCUT2D eigenvalue weighted by Crippen LogP contribution is 2.22. The molecule has 0 aliphatic carbocycles. The van der Waals surface area contributed by atoms with Crippen molar-refractivity contribution in [2.75, 3.05) is 0 Å². The van der Waals surface area contributed by atoms with Crippen molar-refractivity contribution in [2.45, 2.75) is 20.8 Å². The first-order chi connectivity index (χ1) is 9.88. The van der Waals surface area contributed by atoms with E-state index in [4.69, 9.17) is 0 Å². The first-order valence-corrected chi connectivity index (χ1v) is 6.97. The Kier molecular flexibility index (Phi) is 2.94. The normalized spacial score (nSPS) is 12.0. The van der Waals surface area contributed by atoms with Gasteiger partial charge >= 0.3 is 0 Å². The third-order valence-electron chi connectivity index (χ3n) is 3.67. The fourth-order valence-corrected chi connectivity index (χ4v) is 2.48. The van der Waals surface area contributed by atoms with E-state index in [0.717, 1.165) is 16.3 Å². The number of benzene rings is 2. The van der Waals surface area contributed by atoms with E-state index in [1.54, 1.807) is 0 Å². The summed E-state index contributed by atoms with van der Waals surface area (Å²) in [5.41, 5.74) is 0.209. The number of ketones is 1. The number of fused-ring (bicyclic) bond motifs is 2. The number of carbonyl (C=O) groups excluding carboxylic acids is 1. The number of H-pyrrole nitrogens is 1. The smallest absolute Gasteiger partial charge is 0.200 e. The van der Waals surface area contributed by atoms with Gasteiger partial charge in [-0.1, -0.05) is 45.0 Å². The average Bonchev–Trinajstić information content (AvgIpc) is 2.44. The zero-order valence-corrected chi connectivity index (χ0v) is 12.4. The third kappa shape index (κ3) is 2.25. The summed E-state index contributed by atoms with van der Waals surface area (Å²) in [5, 5.41) is 2.62. The highest BCUT2D eigenvalue weighted by atomic mass is 16.1. The molecule has 0 spiro atoms. The Hall–Kier alpha value is -2.42. The summed E-state index contributed by atoms with van der Waals surface area (Å²) in [6.45, 7) is 5.46. The van der Waals surface area contributed by atoms with E-state index in [0.29, 0.717) is 5.39 Å². The van der Waals surface area contributed by atoms with E-state index in [1.165, 1.54) is 6.20 Å². The summed E-state index contributed by atoms with van der Waals surface area (Å²) in [6.07, 6.45) is 1.53. The van der Waals surface area contributed by atoms with Crippen molar-refractivity contribution >= 4 is 27.5 Å². The minimum atomic E-state index is -0.572. The Labute approximate surface area is 122 Å². The summed E-state index contributed by atoms with van der Waals surface area (Å²) >= 11 is 0. The minimum absolute atomic E-state index is 0.140. The van der Waals surface area contributed by atoms with E-state index in [9.17, 15) is 9.59 Å². The van der Waals surface area contributed by atoms with Gasteiger partial charge in [-0.2, -0.15) is 0 Å². The van der Waals surface area contributed by atoms with Crippen LogP contribution in [-0.4, -0.2) is 10.8 Å². The molecular weight excluding hydrogens is 262 g/mol. The van der Waals surface area contributed by atoms with Gasteiger partial charge in [-0.15, -0.1) is 0 Å². The topological polar surface area (TPSA) is 49.9 Å². The molecule has 3 heteroatoms. The van der Waals surface area contributed by atoms with Crippen LogP contribution >= 0.6 is 0 Å². The van der Waals surface area contributed by atoms with Gasteiger partial charge in [0.25, 0.3) is 0 Å². The fourth-order valence-electron chi connectivity index (χ4n) is 2.48. The van der Waals surface area contributed by atoms with Crippen LogP contribution in [0.15, 0.2) is 47.4 Å². The number of hydrogen-bond donors (Lipinski definition) is 1. The molecule has 0 saturated heterocycles. The molecule has 0 radical (unpaired) electrons. The van der Waals surface area contributed by atoms with Crippen LogP contribution in [0.5, 0.6) is 0 Å². The Morgan fingerprint density at radius 1 is 1.05 bits per heavy atom. The van der Waals surface area contributed by atoms with Crippen molar-refractivity contribution in [3.05, 3.63) is 58.4 Å². The van der Waals surface area contributed by atoms with Gasteiger partial charge in [0.2, 0.25) is 0 Å². The third-order valence-corrected chi connectivity index (χ3v) is 3.67. The number of pyridine rings is 1. The average molecular weight is 279 g/mol. The number of rotatable bonds is 1. The molecule has 106 valence electrons. The standard InChI is InChI=1S/C18H17NO2/c1-18(2,3)17(21)14-10-19-15-9-12-7-5-4-6-11(12)8-13(15)16(14)20/h4-10H,1-3H3,(H,19,20). The number of hydrogen-bond acceptors (Lipinski definition) is 2. The second-order valence-corrected chi connectivity index (χ2v) is 6.36. The quantitative estimate of drug-likeness (QED) is 0.542. The lowest BCUT2D eigenvalue weighted by atomic mass is 9.86. The lowest BCUT2D eigenvalue weighted by Gasteiger charge is -2.16. The number of Topliss-reactive ketones (excluding diaryl/α,β-unsaturated/α-hetero) is 1. The molecule has 0 bridgehead atoms. The molecule has 3 nitrogen and oxygen atoms in total. The largest absolute Gasteiger partial charge is 0.360 e. The first-order valence-electron chi connectivity index (χ1n) is 6.97. The molecule has 3 rings (SSSR count). The maximum Gasteiger partial charge on any atom is 0.200 e. The molecular formula is C18H17NO2. The molecule has 2 aromatic carbocycles. The van der Waals surface area contributed by atoms with Crippen molar-refractivity contribution < 1.29 is 4.79 Å². The van der Waals surface area contributed by atoms with Gasteiger partial charge in [-0.3, -0.25) is 9.59 Å². The van der Waals surface area contributed by atoms with Crippen LogP contribution in [-0.2, 0) is 0 Å². The van der Waals surface area contributed by atoms with Gasteiger partial charge in [0, 0.05) is 22.5 Å². The Bertz CT molecular complexity index is 914. The monoisotopic (exact) mass is 279 g/mol. The molecule has 3 aromatic rings. The van der Waals surface area contributed by atoms with Crippen LogP contribution in [0.2, 0.25) is 0 Å². The van der Waals surface area contributed by atoms with Crippen LogP contribution in [0.1, 0.15) is 31.1 Å². The maximum absolute atomic E-state index is 12.6. The summed E-state index contributed by atoms with van der Waals surface area (Å²) in [4.78, 5) is 28.1. The van der Waals surface area contributed by atoms with E-state index in [-0.39, 0.29) is 16.8 Å². The van der Waals surface area contributed by atoms with Crippen molar-refractivity contribution in [3.8, 4) is 0 Å². The summed E-state index contributed by atoms with van der Waals surface area (Å²) < 4.78 is 0. The molecule has 1 aromatic heterocycles. The Morgan fingerprint density at radius 2 is 1.67 bits per heavy atom. The van der Waals surface area contributed by atoms with E-state index < -0.39 is 5.41 Å². The molecule has 0 atom stereocenters. The molecule has 0 aliphatic heterocycles. The number of aromatic amines is 1. The van der Waals surface area contributed by atoms with Gasteiger partial charge in [-0.25, -0.2) is 0 Å². The predicted molar refractivity (Wildman–Crippen MR) is 85.9 cm³/mol. The van der Waals surface area contributed by atoms with Crippen LogP contribution < -0.4 is 5.43 Å². The Balaban J connectivity index is 2.32. The number of carbonyl (C=O) groups is 1. The van der Waals surface area contributed by atoms with E-state index >= 15 is 0 Å². The van der Waals surface area contributed by atoms with Crippen molar-refractivity contribution in [3.63, 3.8) is 0 Å². The molecule has 0 saturated carbocycles. The first kappa shape index (κ1) is 13.6. The van der Waals surface area contributed by atoms with Gasteiger partial charge in [0.1, 0.15) is 0 Å². The van der Waals surface area contributed by atoms with E-state index in [2.05, 4.69) is 4.98 Å². The zero-order valence-electron chi connectivity index (χ0n) is 12.4. The summed E-state index contributed by atoms with van der Waals surface area (Å²) in [6, 6.07) is 11.7. The SMILES string of the molecule is CC(C)(C)C(=O)c1c[nH]c2cc3ccccc3cc2c1=O. The fraction of sp³-hybridized carbons (Fsp3) is 0.222. The van der Waals surface area contributed by atoms with Crippen LogP contribution in [0.25, 0.3) is 21.7 Å². The van der Waals surface area contributed by atoms with Crippen LogP contribution in [0.4, 0.5) is 0 Å². The van der Waals surface area contributed by atoms with Crippen molar-refractivity contribution in [1.29, 1.82) is 0 Å². The number of nitrogens with one attached hydrogen (secondary N) is 1. The van der Waals surface area contributed by atoms with Gasteiger partial charge in [0.05, 0.1) is 5.56 Å². The maximum atomic E-state index is 12.6. The second-order valence-electron chi connectivity index (χ2n) is 6.36. The number of aromatic nitrogens is 1. The predicted octanol–water partition coefficient (Wildman–Crippen LogP) is 3.91. The highest BCUT2D eigenvalue weighted by Gasteiger charge is 2.25. The van der Waals surface area contributed by atoms with Gasteiger partial charge in [-0.05, 0) is 22.9 Å². The molecule has 21 heavy (non-hydrogen) atoms. The lowest BCUT2D eigenvalue weighted by Crippen LogP contribution is -2.26. The summed E-state index contributed by atoms with van der Waals surface area (Å²) in [5.74, 6) is -0.140. The Morgan fingerprint density at radius 3 is 2.29 bits per heavy atom. The van der Waals surface area contributed by atoms with Crippen LogP contribution in [0.3, 0.4) is 0 Å². The van der Waals surface area contributed by atoms with Gasteiger partial charge < -0.3 is 4.98 Å². The van der Waals surface area contributed by atoms with E-state index in [1.807, 2.05) is 57.2 Å². The molecule has 0 fully saturated rings. The van der Waals surface area contributed by atoms with Gasteiger partial charge in [0.15, 0.2) is 11.2 Å². The minimum Gasteiger partial charge on any atom is -0.360 e. The van der Waals surface area contributed by atoms with Crippen LogP contribution in [0, 0.1) is 5.41 Å². The zero-order chi connectivity index (χ0) is 15.2. The second kappa shape index (κ2) is 4.55. The molecule has 1 N–H and O–H groups in total. The summed E-state index contributed by atoms with van der Waals surface area (Å²) in [7, 11) is 0. The lowest BCUT2D eigenvalue weighted by molar-refractivity contribution is 0.0857. The van der Waals surface area contributed by atoms with Crippen molar-refractivity contribution in [1.82, 2.24) is 4.98 Å².